The summed E-state index contributed by atoms with van der Waals surface area (Å²) in [7, 11) is 1.77. The molecule has 32 heavy (non-hydrogen) atoms. The molecule has 0 saturated carbocycles. The van der Waals surface area contributed by atoms with Crippen molar-refractivity contribution in [2.75, 3.05) is 18.4 Å². The molecule has 4 aromatic rings. The van der Waals surface area contributed by atoms with Crippen LogP contribution >= 0.6 is 0 Å². The largest absolute Gasteiger partial charge is 0.368 e. The van der Waals surface area contributed by atoms with Gasteiger partial charge in [-0.15, -0.1) is 0 Å². The van der Waals surface area contributed by atoms with Gasteiger partial charge in [0.1, 0.15) is 17.3 Å². The van der Waals surface area contributed by atoms with Crippen LogP contribution in [-0.2, 0) is 7.05 Å². The van der Waals surface area contributed by atoms with E-state index in [1.54, 1.807) is 22.5 Å². The zero-order valence-corrected chi connectivity index (χ0v) is 18.6. The number of benzene rings is 1. The summed E-state index contributed by atoms with van der Waals surface area (Å²) in [4.78, 5) is 21.5. The summed E-state index contributed by atoms with van der Waals surface area (Å²) in [6, 6.07) is 15.4. The van der Waals surface area contributed by atoms with Crippen molar-refractivity contribution in [3.8, 4) is 17.1 Å². The molecule has 164 valence electrons. The summed E-state index contributed by atoms with van der Waals surface area (Å²) in [5, 5.41) is 15.1. The third kappa shape index (κ3) is 4.66. The van der Waals surface area contributed by atoms with Crippen molar-refractivity contribution < 1.29 is 4.79 Å². The topological polar surface area (TPSA) is 103 Å². The minimum atomic E-state index is -0.175. The van der Waals surface area contributed by atoms with Gasteiger partial charge in [0.15, 0.2) is 5.82 Å². The fourth-order valence-electron chi connectivity index (χ4n) is 3.50. The van der Waals surface area contributed by atoms with Crippen LogP contribution < -0.4 is 10.6 Å². The first-order valence-electron chi connectivity index (χ1n) is 10.4. The van der Waals surface area contributed by atoms with Gasteiger partial charge in [-0.25, -0.2) is 14.6 Å². The van der Waals surface area contributed by atoms with Gasteiger partial charge in [0.05, 0.1) is 11.4 Å². The van der Waals surface area contributed by atoms with E-state index in [4.69, 9.17) is 0 Å². The summed E-state index contributed by atoms with van der Waals surface area (Å²) in [6.45, 7) is 6.73. The number of carbonyl (C=O) groups is 1. The van der Waals surface area contributed by atoms with E-state index >= 15 is 0 Å². The first-order chi connectivity index (χ1) is 15.4. The van der Waals surface area contributed by atoms with E-state index in [9.17, 15) is 4.79 Å². The van der Waals surface area contributed by atoms with Gasteiger partial charge in [0.25, 0.3) is 5.91 Å². The Morgan fingerprint density at radius 1 is 0.969 bits per heavy atom. The highest BCUT2D eigenvalue weighted by Crippen LogP contribution is 2.18. The molecule has 3 heterocycles. The van der Waals surface area contributed by atoms with Gasteiger partial charge < -0.3 is 10.6 Å². The number of nitrogens with zero attached hydrogens (tertiary/aromatic N) is 6. The van der Waals surface area contributed by atoms with E-state index in [2.05, 4.69) is 30.8 Å². The number of aryl methyl sites for hydroxylation is 4. The van der Waals surface area contributed by atoms with Crippen molar-refractivity contribution >= 4 is 11.7 Å². The molecule has 0 fully saturated rings. The van der Waals surface area contributed by atoms with Crippen LogP contribution in [0.3, 0.4) is 0 Å². The fraction of sp³-hybridized carbons (Fsp3) is 0.261. The molecule has 0 saturated heterocycles. The molecule has 0 spiro atoms. The maximum absolute atomic E-state index is 12.6. The van der Waals surface area contributed by atoms with Gasteiger partial charge in [-0.3, -0.25) is 9.48 Å². The maximum Gasteiger partial charge on any atom is 0.269 e. The lowest BCUT2D eigenvalue weighted by atomic mass is 10.1. The molecule has 0 unspecified atom stereocenters. The molecule has 1 aromatic carbocycles. The number of hydrogen-bond donors (Lipinski definition) is 2. The maximum atomic E-state index is 12.6. The lowest BCUT2D eigenvalue weighted by molar-refractivity contribution is 0.0946. The molecule has 0 aliphatic carbocycles. The molecule has 9 heteroatoms. The highest BCUT2D eigenvalue weighted by atomic mass is 16.2. The number of carbonyl (C=O) groups excluding carboxylic acids is 1. The van der Waals surface area contributed by atoms with E-state index in [1.165, 1.54) is 0 Å². The number of hydrogen-bond acceptors (Lipinski definition) is 6. The minimum Gasteiger partial charge on any atom is -0.368 e. The normalized spacial score (nSPS) is 10.9. The molecule has 0 bridgehead atoms. The predicted molar refractivity (Wildman–Crippen MR) is 123 cm³/mol. The number of rotatable bonds is 7. The van der Waals surface area contributed by atoms with Gasteiger partial charge in [-0.2, -0.15) is 10.2 Å². The molecule has 4 rings (SSSR count). The Labute approximate surface area is 186 Å². The molecular formula is C23H26N8O. The quantitative estimate of drug-likeness (QED) is 0.437. The van der Waals surface area contributed by atoms with E-state index in [1.807, 2.05) is 63.2 Å². The monoisotopic (exact) mass is 430 g/mol. The van der Waals surface area contributed by atoms with Gasteiger partial charge >= 0.3 is 0 Å². The van der Waals surface area contributed by atoms with Crippen LogP contribution in [-0.4, -0.2) is 48.5 Å². The average Bonchev–Trinajstić information content (AvgIpc) is 3.32. The van der Waals surface area contributed by atoms with Gasteiger partial charge in [0, 0.05) is 37.5 Å². The SMILES string of the molecule is Cc1cc(C)n(-c2cc(NCCNC(=O)c3cc(-c4ccccc4)nn3C)nc(C)n2)n1. The Hall–Kier alpha value is -4.01. The van der Waals surface area contributed by atoms with Crippen molar-refractivity contribution in [1.82, 2.24) is 34.8 Å². The van der Waals surface area contributed by atoms with Gasteiger partial charge in [-0.1, -0.05) is 30.3 Å². The second kappa shape index (κ2) is 9.01. The third-order valence-electron chi connectivity index (χ3n) is 4.95. The van der Waals surface area contributed by atoms with Crippen molar-refractivity contribution in [3.05, 3.63) is 71.4 Å². The molecule has 0 aliphatic heterocycles. The highest BCUT2D eigenvalue weighted by Gasteiger charge is 2.14. The number of nitrogens with one attached hydrogen (secondary N) is 2. The lowest BCUT2D eigenvalue weighted by Gasteiger charge is -2.10. The Kier molecular flexibility index (Phi) is 5.98. The molecule has 1 amide bonds. The number of amides is 1. The summed E-state index contributed by atoms with van der Waals surface area (Å²) in [5.41, 5.74) is 4.19. The van der Waals surface area contributed by atoms with Gasteiger partial charge in [-0.05, 0) is 32.9 Å². The zero-order chi connectivity index (χ0) is 22.7. The second-order valence-electron chi connectivity index (χ2n) is 7.58. The van der Waals surface area contributed by atoms with E-state index in [-0.39, 0.29) is 5.91 Å². The van der Waals surface area contributed by atoms with E-state index in [0.717, 1.165) is 22.6 Å². The van der Waals surface area contributed by atoms with E-state index in [0.29, 0.717) is 36.2 Å². The molecule has 9 nitrogen and oxygen atoms in total. The van der Waals surface area contributed by atoms with Crippen molar-refractivity contribution in [3.63, 3.8) is 0 Å². The van der Waals surface area contributed by atoms with Crippen LogP contribution in [0, 0.1) is 20.8 Å². The second-order valence-corrected chi connectivity index (χ2v) is 7.58. The molecule has 0 atom stereocenters. The Morgan fingerprint density at radius 2 is 1.75 bits per heavy atom. The molecular weight excluding hydrogens is 404 g/mol. The molecule has 0 aliphatic rings. The fourth-order valence-corrected chi connectivity index (χ4v) is 3.50. The van der Waals surface area contributed by atoms with Crippen molar-refractivity contribution in [2.45, 2.75) is 20.8 Å². The van der Waals surface area contributed by atoms with Crippen LogP contribution in [0.25, 0.3) is 17.1 Å². The summed E-state index contributed by atoms with van der Waals surface area (Å²) in [5.74, 6) is 1.86. The molecule has 2 N–H and O–H groups in total. The standard InChI is InChI=1S/C23H26N8O/c1-15-12-16(2)31(28-15)22-14-21(26-17(3)27-22)24-10-11-25-23(32)20-13-19(29-30(20)4)18-8-6-5-7-9-18/h5-9,12-14H,10-11H2,1-4H3,(H,25,32)(H,24,26,27). The Bertz CT molecular complexity index is 1240. The van der Waals surface area contributed by atoms with E-state index < -0.39 is 0 Å². The molecule has 3 aromatic heterocycles. The Balaban J connectivity index is 1.36. The summed E-state index contributed by atoms with van der Waals surface area (Å²) >= 11 is 0. The summed E-state index contributed by atoms with van der Waals surface area (Å²) in [6.07, 6.45) is 0. The molecule has 0 radical (unpaired) electrons. The highest BCUT2D eigenvalue weighted by molar-refractivity contribution is 5.93. The van der Waals surface area contributed by atoms with Crippen LogP contribution in [0.5, 0.6) is 0 Å². The average molecular weight is 431 g/mol. The minimum absolute atomic E-state index is 0.175. The van der Waals surface area contributed by atoms with Crippen molar-refractivity contribution in [2.24, 2.45) is 7.05 Å². The smallest absolute Gasteiger partial charge is 0.269 e. The van der Waals surface area contributed by atoms with Crippen molar-refractivity contribution in [1.29, 1.82) is 0 Å². The van der Waals surface area contributed by atoms with Gasteiger partial charge in [0.2, 0.25) is 0 Å². The zero-order valence-electron chi connectivity index (χ0n) is 18.6. The van der Waals surface area contributed by atoms with Crippen LogP contribution in [0.15, 0.2) is 48.5 Å². The third-order valence-corrected chi connectivity index (χ3v) is 4.95. The Morgan fingerprint density at radius 3 is 2.47 bits per heavy atom. The first-order valence-corrected chi connectivity index (χ1v) is 10.4. The van der Waals surface area contributed by atoms with Crippen LogP contribution in [0.2, 0.25) is 0 Å². The lowest BCUT2D eigenvalue weighted by Crippen LogP contribution is -2.30. The first kappa shape index (κ1) is 21.2. The number of anilines is 1. The summed E-state index contributed by atoms with van der Waals surface area (Å²) < 4.78 is 3.39. The predicted octanol–water partition coefficient (Wildman–Crippen LogP) is 2.83. The number of aromatic nitrogens is 6. The van der Waals surface area contributed by atoms with Crippen LogP contribution in [0.4, 0.5) is 5.82 Å². The van der Waals surface area contributed by atoms with Crippen LogP contribution in [0.1, 0.15) is 27.7 Å².